The molecule has 0 bridgehead atoms. The van der Waals surface area contributed by atoms with Crippen LogP contribution in [-0.2, 0) is 56.4 Å². The van der Waals surface area contributed by atoms with E-state index in [0.29, 0.717) is 63.2 Å². The Hall–Kier alpha value is -4.31. The fourth-order valence-electron chi connectivity index (χ4n) is 6.17. The van der Waals surface area contributed by atoms with Crippen LogP contribution in [0.4, 0.5) is 0 Å². The van der Waals surface area contributed by atoms with Crippen molar-refractivity contribution in [2.75, 3.05) is 39.3 Å². The van der Waals surface area contributed by atoms with Gasteiger partial charge in [0.05, 0.1) is 36.6 Å². The summed E-state index contributed by atoms with van der Waals surface area (Å²) < 4.78 is 0. The second kappa shape index (κ2) is 21.7. The van der Waals surface area contributed by atoms with Gasteiger partial charge >= 0.3 is 35.0 Å². The zero-order chi connectivity index (χ0) is 34.3. The Morgan fingerprint density at radius 3 is 1.72 bits per heavy atom. The summed E-state index contributed by atoms with van der Waals surface area (Å²) >= 11 is 0. The molecule has 0 aromatic carbocycles. The minimum Gasteiger partial charge on any atom is -0.480 e. The standard InChI is InChI=1S/C34H43N7O7.Mn.H2O/c42-31(43)22-40(29-9-1-2-10-30(29)41(23-32(44)45)24-33(46)47)17-13-26-12-11-25(19-38-26)34(48)37-16-18-39(20-27-7-3-5-14-35-27)21-28-8-4-6-15-36-28;;/h3-8,11-12,14-15,19,29-30H,1-2,9-10,13,16-18,20-24H2,(H,37,48)(H,42,43)(H,44,45)(H,46,47);;1H2/q;+2;/p+1. The molecule has 1 aliphatic carbocycles. The van der Waals surface area contributed by atoms with Crippen molar-refractivity contribution in [1.82, 2.24) is 35.0 Å². The Kier molecular flexibility index (Phi) is 18.2. The number of pyridine rings is 3. The molecule has 2 atom stereocenters. The van der Waals surface area contributed by atoms with Crippen molar-refractivity contribution in [2.24, 2.45) is 0 Å². The maximum atomic E-state index is 12.9. The predicted molar refractivity (Wildman–Crippen MR) is 180 cm³/mol. The van der Waals surface area contributed by atoms with Crippen LogP contribution in [-0.4, -0.2) is 120 Å². The summed E-state index contributed by atoms with van der Waals surface area (Å²) in [5.74, 6) is -3.56. The number of nitrogens with one attached hydrogen (secondary N) is 1. The normalized spacial score (nSPS) is 15.6. The van der Waals surface area contributed by atoms with E-state index in [0.717, 1.165) is 24.2 Å². The van der Waals surface area contributed by atoms with Gasteiger partial charge in [0.1, 0.15) is 0 Å². The second-order valence-corrected chi connectivity index (χ2v) is 11.9. The number of carbonyl (C=O) groups excluding carboxylic acids is 1. The molecule has 1 aliphatic rings. The quantitative estimate of drug-likeness (QED) is 0.100. The van der Waals surface area contributed by atoms with Gasteiger partial charge in [0.25, 0.3) is 5.91 Å². The van der Waals surface area contributed by atoms with E-state index >= 15 is 0 Å². The minimum atomic E-state index is -1.13. The molecule has 16 heteroatoms. The Labute approximate surface area is 301 Å². The summed E-state index contributed by atoms with van der Waals surface area (Å²) in [5, 5.41) is 31.4. The molecule has 2 unspecified atom stereocenters. The minimum absolute atomic E-state index is 0. The zero-order valence-corrected chi connectivity index (χ0v) is 29.0. The predicted octanol–water partition coefficient (Wildman–Crippen LogP) is 1.09. The summed E-state index contributed by atoms with van der Waals surface area (Å²) in [6.07, 6.45) is 8.23. The molecule has 3 aromatic rings. The monoisotopic (exact) mass is 735 g/mol. The van der Waals surface area contributed by atoms with Crippen molar-refractivity contribution in [3.05, 3.63) is 89.8 Å². The van der Waals surface area contributed by atoms with E-state index in [1.807, 2.05) is 36.4 Å². The first-order chi connectivity index (χ1) is 23.2. The number of aliphatic carboxylic acids is 3. The average molecular weight is 736 g/mol. The topological polar surface area (TPSA) is 222 Å². The molecule has 1 amide bonds. The zero-order valence-electron chi connectivity index (χ0n) is 27.8. The first-order valence-corrected chi connectivity index (χ1v) is 16.1. The number of nitrogens with zero attached hydrogens (tertiary/aromatic N) is 6. The number of carboxylic acid groups (broad SMARTS) is 3. The van der Waals surface area contributed by atoms with Gasteiger partial charge < -0.3 is 26.1 Å². The van der Waals surface area contributed by atoms with E-state index in [9.17, 15) is 34.5 Å². The average Bonchev–Trinajstić information content (AvgIpc) is 3.07. The number of aromatic nitrogens is 3. The van der Waals surface area contributed by atoms with Gasteiger partial charge in [-0.05, 0) is 49.2 Å². The number of rotatable bonds is 19. The SMILES string of the molecule is O=C(O)CN(CCc1ccc(C(=O)NCCN(Cc2ccccn2)Cc2ccccn2)cn1)C1CCCCC1N(CC(=O)O)CC(=O)O.[Mn+2].[OH3+]. The third kappa shape index (κ3) is 13.9. The van der Waals surface area contributed by atoms with Gasteiger partial charge in [-0.3, -0.25) is 48.8 Å². The van der Waals surface area contributed by atoms with E-state index in [1.54, 1.807) is 29.4 Å². The van der Waals surface area contributed by atoms with E-state index in [1.165, 1.54) is 11.1 Å². The van der Waals surface area contributed by atoms with Crippen LogP contribution < -0.4 is 5.32 Å². The number of carboxylic acids is 3. The van der Waals surface area contributed by atoms with Crippen LogP contribution >= 0.6 is 0 Å². The molecule has 4 rings (SSSR count). The largest absolute Gasteiger partial charge is 2.00 e. The van der Waals surface area contributed by atoms with Crippen LogP contribution in [0.15, 0.2) is 67.1 Å². The van der Waals surface area contributed by atoms with Crippen molar-refractivity contribution in [3.63, 3.8) is 0 Å². The van der Waals surface area contributed by atoms with Crippen LogP contribution in [0, 0.1) is 0 Å². The van der Waals surface area contributed by atoms with Gasteiger partial charge in [-0.15, -0.1) is 0 Å². The van der Waals surface area contributed by atoms with Crippen LogP contribution in [0.1, 0.15) is 53.1 Å². The van der Waals surface area contributed by atoms with Crippen LogP contribution in [0.5, 0.6) is 0 Å². The molecular formula is C34H46MnN7O8+3. The molecule has 269 valence electrons. The Bertz CT molecular complexity index is 1430. The van der Waals surface area contributed by atoms with Crippen molar-refractivity contribution < 1.29 is 57.0 Å². The van der Waals surface area contributed by atoms with Crippen LogP contribution in [0.2, 0.25) is 0 Å². The Morgan fingerprint density at radius 2 is 1.24 bits per heavy atom. The summed E-state index contributed by atoms with van der Waals surface area (Å²) in [6, 6.07) is 14.2. The van der Waals surface area contributed by atoms with E-state index < -0.39 is 37.0 Å². The summed E-state index contributed by atoms with van der Waals surface area (Å²) in [5.41, 5.74) is 2.89. The third-order valence-electron chi connectivity index (χ3n) is 8.33. The molecule has 0 aliphatic heterocycles. The van der Waals surface area contributed by atoms with Gasteiger partial charge in [-0.1, -0.05) is 25.0 Å². The molecule has 15 nitrogen and oxygen atoms in total. The molecule has 1 fully saturated rings. The number of hydrogen-bond acceptors (Lipinski definition) is 10. The summed E-state index contributed by atoms with van der Waals surface area (Å²) in [4.78, 5) is 66.5. The first-order valence-electron chi connectivity index (χ1n) is 16.1. The van der Waals surface area contributed by atoms with Crippen molar-refractivity contribution >= 4 is 23.8 Å². The van der Waals surface area contributed by atoms with Crippen molar-refractivity contribution in [3.8, 4) is 0 Å². The molecular weight excluding hydrogens is 689 g/mol. The number of amides is 1. The van der Waals surface area contributed by atoms with Gasteiger partial charge in [0, 0.05) is 75.5 Å². The first kappa shape index (κ1) is 41.9. The molecule has 1 saturated carbocycles. The molecule has 3 heterocycles. The number of carbonyl (C=O) groups is 4. The van der Waals surface area contributed by atoms with E-state index in [4.69, 9.17) is 0 Å². The van der Waals surface area contributed by atoms with Crippen LogP contribution in [0.25, 0.3) is 0 Å². The molecule has 1 radical (unpaired) electrons. The molecule has 3 aromatic heterocycles. The van der Waals surface area contributed by atoms with Gasteiger partial charge in [0.2, 0.25) is 0 Å². The fraction of sp³-hybridized carbons (Fsp3) is 0.441. The summed E-state index contributed by atoms with van der Waals surface area (Å²) in [6.45, 7) is 1.34. The molecule has 50 heavy (non-hydrogen) atoms. The maximum absolute atomic E-state index is 12.9. The molecule has 7 N–H and O–H groups in total. The smallest absolute Gasteiger partial charge is 0.480 e. The van der Waals surface area contributed by atoms with E-state index in [2.05, 4.69) is 25.2 Å². The maximum Gasteiger partial charge on any atom is 2.00 e. The Morgan fingerprint density at radius 1 is 0.700 bits per heavy atom. The van der Waals surface area contributed by atoms with Gasteiger partial charge in [0.15, 0.2) is 0 Å². The van der Waals surface area contributed by atoms with Crippen LogP contribution in [0.3, 0.4) is 0 Å². The Balaban J connectivity index is 0.00000433. The van der Waals surface area contributed by atoms with E-state index in [-0.39, 0.29) is 41.0 Å². The third-order valence-corrected chi connectivity index (χ3v) is 8.33. The van der Waals surface area contributed by atoms with Gasteiger partial charge in [-0.25, -0.2) is 0 Å². The van der Waals surface area contributed by atoms with Gasteiger partial charge in [-0.2, -0.15) is 0 Å². The van der Waals surface area contributed by atoms with Crippen molar-refractivity contribution in [2.45, 2.75) is 57.3 Å². The second-order valence-electron chi connectivity index (χ2n) is 11.9. The summed E-state index contributed by atoms with van der Waals surface area (Å²) in [7, 11) is 0. The molecule has 0 spiro atoms. The fourth-order valence-corrected chi connectivity index (χ4v) is 6.17. The molecule has 0 saturated heterocycles. The van der Waals surface area contributed by atoms with Crippen molar-refractivity contribution in [1.29, 1.82) is 0 Å². The number of hydrogen-bond donors (Lipinski definition) is 4.